The maximum atomic E-state index is 12.2. The van der Waals surface area contributed by atoms with E-state index in [0.717, 1.165) is 22.8 Å². The second-order valence-electron chi connectivity index (χ2n) is 6.64. The van der Waals surface area contributed by atoms with Crippen LogP contribution in [0, 0.1) is 0 Å². The van der Waals surface area contributed by atoms with Crippen molar-refractivity contribution in [2.24, 2.45) is 0 Å². The summed E-state index contributed by atoms with van der Waals surface area (Å²) in [5.74, 6) is 7.99. The van der Waals surface area contributed by atoms with Crippen LogP contribution in [0.3, 0.4) is 0 Å². The Morgan fingerprint density at radius 3 is 2.38 bits per heavy atom. The number of H-pyrrole nitrogens is 1. The van der Waals surface area contributed by atoms with Crippen LogP contribution in [0.5, 0.6) is 11.5 Å². The van der Waals surface area contributed by atoms with Gasteiger partial charge in [-0.25, -0.2) is 4.68 Å². The topological polar surface area (TPSA) is 133 Å². The lowest BCUT2D eigenvalue weighted by atomic mass is 10.1. The van der Waals surface area contributed by atoms with Gasteiger partial charge >= 0.3 is 0 Å². The van der Waals surface area contributed by atoms with Gasteiger partial charge in [0, 0.05) is 11.3 Å². The van der Waals surface area contributed by atoms with Gasteiger partial charge in [-0.05, 0) is 54.6 Å². The first kappa shape index (κ1) is 21.2. The number of nitrogens with one attached hydrogen (secondary N) is 2. The first-order valence-electron chi connectivity index (χ1n) is 9.55. The van der Waals surface area contributed by atoms with Gasteiger partial charge in [0.1, 0.15) is 17.2 Å². The third-order valence-electron chi connectivity index (χ3n) is 4.58. The van der Waals surface area contributed by atoms with Crippen molar-refractivity contribution in [2.75, 3.05) is 31.1 Å². The van der Waals surface area contributed by atoms with Gasteiger partial charge in [0.2, 0.25) is 16.9 Å². The number of nitrogens with zero attached hydrogens (tertiary/aromatic N) is 4. The van der Waals surface area contributed by atoms with E-state index in [1.165, 1.54) is 16.4 Å². The van der Waals surface area contributed by atoms with Crippen LogP contribution in [0.4, 0.5) is 5.69 Å². The summed E-state index contributed by atoms with van der Waals surface area (Å²) in [4.78, 5) is 12.2. The number of nitrogen functional groups attached to an aromatic ring is 1. The molecule has 4 rings (SSSR count). The number of aromatic amines is 1. The van der Waals surface area contributed by atoms with Crippen molar-refractivity contribution >= 4 is 23.4 Å². The number of thioether (sulfide) groups is 1. The Hall–Kier alpha value is -3.99. The number of nitrogens with two attached hydrogens (primary N) is 1. The van der Waals surface area contributed by atoms with Crippen LogP contribution in [0.15, 0.2) is 59.8 Å². The van der Waals surface area contributed by atoms with Crippen LogP contribution in [0.25, 0.3) is 22.8 Å². The van der Waals surface area contributed by atoms with Gasteiger partial charge in [0.05, 0.1) is 25.7 Å². The molecule has 0 saturated carbocycles. The number of ether oxygens (including phenoxy) is 2. The lowest BCUT2D eigenvalue weighted by Crippen LogP contribution is -2.16. The minimum Gasteiger partial charge on any atom is -0.497 e. The Labute approximate surface area is 188 Å². The predicted molar refractivity (Wildman–Crippen MR) is 122 cm³/mol. The van der Waals surface area contributed by atoms with E-state index in [4.69, 9.17) is 15.3 Å². The number of amides is 1. The molecule has 2 aromatic carbocycles. The minimum atomic E-state index is -0.187. The summed E-state index contributed by atoms with van der Waals surface area (Å²) >= 11 is 1.18. The van der Waals surface area contributed by atoms with Gasteiger partial charge in [-0.1, -0.05) is 11.8 Å². The Morgan fingerprint density at radius 1 is 1.06 bits per heavy atom. The molecule has 11 heteroatoms. The highest BCUT2D eigenvalue weighted by atomic mass is 32.2. The van der Waals surface area contributed by atoms with Crippen molar-refractivity contribution in [2.45, 2.75) is 5.16 Å². The maximum Gasteiger partial charge on any atom is 0.234 e. The molecule has 10 nitrogen and oxygen atoms in total. The summed E-state index contributed by atoms with van der Waals surface area (Å²) in [6.45, 7) is 0. The normalized spacial score (nSPS) is 10.7. The van der Waals surface area contributed by atoms with E-state index in [1.807, 2.05) is 30.3 Å². The Kier molecular flexibility index (Phi) is 6.26. The van der Waals surface area contributed by atoms with Crippen LogP contribution < -0.4 is 20.6 Å². The van der Waals surface area contributed by atoms with Crippen molar-refractivity contribution in [1.82, 2.24) is 25.1 Å². The molecule has 0 fully saturated rings. The van der Waals surface area contributed by atoms with Crippen LogP contribution in [-0.2, 0) is 4.79 Å². The van der Waals surface area contributed by atoms with E-state index in [0.29, 0.717) is 22.4 Å². The molecule has 0 aliphatic heterocycles. The summed E-state index contributed by atoms with van der Waals surface area (Å²) in [7, 11) is 3.21. The molecule has 164 valence electrons. The van der Waals surface area contributed by atoms with Crippen molar-refractivity contribution in [3.8, 4) is 34.3 Å². The Balaban J connectivity index is 1.39. The number of rotatable bonds is 8. The Bertz CT molecular complexity index is 1200. The number of aromatic nitrogens is 5. The minimum absolute atomic E-state index is 0.126. The van der Waals surface area contributed by atoms with Gasteiger partial charge < -0.3 is 20.6 Å². The third-order valence-corrected chi connectivity index (χ3v) is 5.52. The van der Waals surface area contributed by atoms with Gasteiger partial charge in [0.25, 0.3) is 0 Å². The molecule has 0 aliphatic carbocycles. The molecule has 0 radical (unpaired) electrons. The van der Waals surface area contributed by atoms with Crippen LogP contribution in [0.1, 0.15) is 0 Å². The number of methoxy groups -OCH3 is 2. The van der Waals surface area contributed by atoms with Crippen molar-refractivity contribution in [3.63, 3.8) is 0 Å². The number of carbonyl (C=O) groups is 1. The number of anilines is 1. The second-order valence-corrected chi connectivity index (χ2v) is 7.58. The number of hydrogen-bond acceptors (Lipinski definition) is 8. The lowest BCUT2D eigenvalue weighted by molar-refractivity contribution is -0.113. The van der Waals surface area contributed by atoms with Crippen LogP contribution in [-0.4, -0.2) is 51.0 Å². The molecule has 0 aliphatic rings. The summed E-state index contributed by atoms with van der Waals surface area (Å²) in [6.07, 6.45) is 0. The molecule has 0 unspecified atom stereocenters. The molecule has 0 bridgehead atoms. The fourth-order valence-corrected chi connectivity index (χ4v) is 3.56. The highest BCUT2D eigenvalue weighted by Gasteiger charge is 2.16. The molecule has 32 heavy (non-hydrogen) atoms. The second kappa shape index (κ2) is 9.43. The number of benzene rings is 2. The molecule has 4 aromatic rings. The SMILES string of the molecule is COc1ccc(NC(=O)CSc2nnc(-c3cc(-c4ccc(OC)cc4)n[nH]3)n2N)cc1. The zero-order valence-electron chi connectivity index (χ0n) is 17.4. The van der Waals surface area contributed by atoms with Gasteiger partial charge in [-0.15, -0.1) is 10.2 Å². The molecule has 4 N–H and O–H groups in total. The zero-order valence-corrected chi connectivity index (χ0v) is 18.2. The van der Waals surface area contributed by atoms with Crippen LogP contribution in [0.2, 0.25) is 0 Å². The van der Waals surface area contributed by atoms with Crippen LogP contribution >= 0.6 is 11.8 Å². The van der Waals surface area contributed by atoms with E-state index >= 15 is 0 Å². The lowest BCUT2D eigenvalue weighted by Gasteiger charge is -2.06. The molecule has 1 amide bonds. The zero-order chi connectivity index (χ0) is 22.5. The standard InChI is InChI=1S/C21H21N7O3S/c1-30-15-7-3-13(4-8-15)17-11-18(25-24-17)20-26-27-21(28(20)22)32-12-19(29)23-14-5-9-16(31-2)10-6-14/h3-11H,12,22H2,1-2H3,(H,23,29)(H,24,25). The summed E-state index contributed by atoms with van der Waals surface area (Å²) in [5.41, 5.74) is 2.94. The van der Waals surface area contributed by atoms with Crippen molar-refractivity contribution in [1.29, 1.82) is 0 Å². The number of carbonyl (C=O) groups excluding carboxylic acids is 1. The molecule has 0 atom stereocenters. The highest BCUT2D eigenvalue weighted by molar-refractivity contribution is 7.99. The first-order chi connectivity index (χ1) is 15.6. The van der Waals surface area contributed by atoms with E-state index in [1.54, 1.807) is 38.5 Å². The third kappa shape index (κ3) is 4.67. The quantitative estimate of drug-likeness (QED) is 0.275. The first-order valence-corrected chi connectivity index (χ1v) is 10.5. The van der Waals surface area contributed by atoms with E-state index in [9.17, 15) is 4.79 Å². The number of hydrogen-bond donors (Lipinski definition) is 3. The summed E-state index contributed by atoms with van der Waals surface area (Å²) < 4.78 is 11.6. The molecule has 0 spiro atoms. The fraction of sp³-hybridized carbons (Fsp3) is 0.143. The largest absolute Gasteiger partial charge is 0.497 e. The monoisotopic (exact) mass is 451 g/mol. The van der Waals surface area contributed by atoms with E-state index in [-0.39, 0.29) is 11.7 Å². The summed E-state index contributed by atoms with van der Waals surface area (Å²) in [6, 6.07) is 16.5. The molecule has 2 aromatic heterocycles. The molecular weight excluding hydrogens is 430 g/mol. The average molecular weight is 452 g/mol. The van der Waals surface area contributed by atoms with Crippen molar-refractivity contribution < 1.29 is 14.3 Å². The fourth-order valence-electron chi connectivity index (χ4n) is 2.91. The smallest absolute Gasteiger partial charge is 0.234 e. The predicted octanol–water partition coefficient (Wildman–Crippen LogP) is 2.80. The molecule has 0 saturated heterocycles. The van der Waals surface area contributed by atoms with Gasteiger partial charge in [-0.2, -0.15) is 5.10 Å². The molecular formula is C21H21N7O3S. The van der Waals surface area contributed by atoms with Crippen molar-refractivity contribution in [3.05, 3.63) is 54.6 Å². The van der Waals surface area contributed by atoms with E-state index < -0.39 is 0 Å². The molecule has 2 heterocycles. The highest BCUT2D eigenvalue weighted by Crippen LogP contribution is 2.26. The van der Waals surface area contributed by atoms with Gasteiger partial charge in [0.15, 0.2) is 0 Å². The Morgan fingerprint density at radius 2 is 1.72 bits per heavy atom. The maximum absolute atomic E-state index is 12.2. The van der Waals surface area contributed by atoms with E-state index in [2.05, 4.69) is 25.7 Å². The summed E-state index contributed by atoms with van der Waals surface area (Å²) in [5, 5.41) is 18.7. The van der Waals surface area contributed by atoms with Gasteiger partial charge in [-0.3, -0.25) is 9.89 Å². The average Bonchev–Trinajstić information content (AvgIpc) is 3.45.